The molecule has 0 radical (unpaired) electrons. The summed E-state index contributed by atoms with van der Waals surface area (Å²) in [5.74, 6) is 1.19. The minimum absolute atomic E-state index is 0.0930. The average Bonchev–Trinajstić information content (AvgIpc) is 3.01. The second-order valence-electron chi connectivity index (χ2n) is 5.47. The predicted octanol–water partition coefficient (Wildman–Crippen LogP) is 2.44. The monoisotopic (exact) mass is 290 g/mol. The molecule has 1 amide bonds. The van der Waals surface area contributed by atoms with Crippen LogP contribution in [0.1, 0.15) is 35.9 Å². The third kappa shape index (κ3) is 2.35. The van der Waals surface area contributed by atoms with Crippen LogP contribution in [0.5, 0.6) is 0 Å². The smallest absolute Gasteiger partial charge is 0.263 e. The summed E-state index contributed by atoms with van der Waals surface area (Å²) in [7, 11) is 0. The van der Waals surface area contributed by atoms with Gasteiger partial charge in [-0.2, -0.15) is 5.10 Å². The highest BCUT2D eigenvalue weighted by molar-refractivity contribution is 7.21. The van der Waals surface area contributed by atoms with Gasteiger partial charge in [0.05, 0.1) is 11.9 Å². The largest absolute Gasteiger partial charge is 0.397 e. The second-order valence-corrected chi connectivity index (χ2v) is 6.47. The van der Waals surface area contributed by atoms with Gasteiger partial charge in [0.25, 0.3) is 5.91 Å². The summed E-state index contributed by atoms with van der Waals surface area (Å²) in [5.41, 5.74) is 6.54. The van der Waals surface area contributed by atoms with Gasteiger partial charge < -0.3 is 11.1 Å². The van der Waals surface area contributed by atoms with E-state index in [1.807, 2.05) is 0 Å². The molecule has 0 bridgehead atoms. The maximum absolute atomic E-state index is 12.3. The number of anilines is 1. The Balaban J connectivity index is 1.74. The van der Waals surface area contributed by atoms with Crippen molar-refractivity contribution in [2.75, 3.05) is 12.3 Å². The van der Waals surface area contributed by atoms with Crippen LogP contribution in [0.25, 0.3) is 10.2 Å². The SMILES string of the molecule is CC1CCCC1CNC(=O)c1sc2nnccc2c1N. The van der Waals surface area contributed by atoms with Crippen LogP contribution in [-0.4, -0.2) is 22.6 Å². The van der Waals surface area contributed by atoms with Gasteiger partial charge in [0.2, 0.25) is 0 Å². The Morgan fingerprint density at radius 3 is 3.10 bits per heavy atom. The molecule has 0 aromatic carbocycles. The van der Waals surface area contributed by atoms with E-state index < -0.39 is 0 Å². The highest BCUT2D eigenvalue weighted by Gasteiger charge is 2.24. The van der Waals surface area contributed by atoms with Crippen LogP contribution in [-0.2, 0) is 0 Å². The van der Waals surface area contributed by atoms with Crippen LogP contribution in [0.3, 0.4) is 0 Å². The number of nitrogen functional groups attached to an aromatic ring is 1. The second kappa shape index (κ2) is 5.36. The van der Waals surface area contributed by atoms with Crippen molar-refractivity contribution in [2.45, 2.75) is 26.2 Å². The summed E-state index contributed by atoms with van der Waals surface area (Å²) in [6.07, 6.45) is 5.32. The van der Waals surface area contributed by atoms with Crippen molar-refractivity contribution in [3.05, 3.63) is 17.1 Å². The van der Waals surface area contributed by atoms with E-state index in [4.69, 9.17) is 5.73 Å². The van der Waals surface area contributed by atoms with Gasteiger partial charge in [0.1, 0.15) is 9.71 Å². The Morgan fingerprint density at radius 2 is 2.40 bits per heavy atom. The Morgan fingerprint density at radius 1 is 1.55 bits per heavy atom. The van der Waals surface area contributed by atoms with Crippen molar-refractivity contribution < 1.29 is 4.79 Å². The van der Waals surface area contributed by atoms with E-state index >= 15 is 0 Å². The fourth-order valence-electron chi connectivity index (χ4n) is 2.87. The number of thiophene rings is 1. The fraction of sp³-hybridized carbons (Fsp3) is 0.500. The lowest BCUT2D eigenvalue weighted by Gasteiger charge is -2.15. The van der Waals surface area contributed by atoms with Gasteiger partial charge in [-0.25, -0.2) is 0 Å². The first-order valence-corrected chi connectivity index (χ1v) is 7.76. The molecule has 1 aliphatic rings. The number of nitrogens with zero attached hydrogens (tertiary/aromatic N) is 2. The van der Waals surface area contributed by atoms with Crippen molar-refractivity contribution in [1.29, 1.82) is 0 Å². The van der Waals surface area contributed by atoms with Gasteiger partial charge in [-0.1, -0.05) is 19.8 Å². The molecule has 2 unspecified atom stereocenters. The number of rotatable bonds is 3. The highest BCUT2D eigenvalue weighted by atomic mass is 32.1. The Hall–Kier alpha value is -1.69. The predicted molar refractivity (Wildman–Crippen MR) is 80.7 cm³/mol. The van der Waals surface area contributed by atoms with Gasteiger partial charge in [-0.05, 0) is 24.3 Å². The molecule has 5 nitrogen and oxygen atoms in total. The van der Waals surface area contributed by atoms with Crippen LogP contribution >= 0.6 is 11.3 Å². The number of hydrogen-bond acceptors (Lipinski definition) is 5. The number of nitrogens with one attached hydrogen (secondary N) is 1. The molecule has 2 heterocycles. The van der Waals surface area contributed by atoms with Crippen molar-refractivity contribution in [2.24, 2.45) is 11.8 Å². The lowest BCUT2D eigenvalue weighted by molar-refractivity contribution is 0.0949. The number of amides is 1. The normalized spacial score (nSPS) is 22.2. The third-order valence-electron chi connectivity index (χ3n) is 4.19. The van der Waals surface area contributed by atoms with Gasteiger partial charge in [-0.3, -0.25) is 4.79 Å². The molecular formula is C14H18N4OS. The first-order valence-electron chi connectivity index (χ1n) is 6.94. The topological polar surface area (TPSA) is 80.9 Å². The van der Waals surface area contributed by atoms with E-state index in [2.05, 4.69) is 22.4 Å². The van der Waals surface area contributed by atoms with Gasteiger partial charge in [-0.15, -0.1) is 16.4 Å². The molecule has 2 aromatic heterocycles. The molecule has 2 atom stereocenters. The molecule has 0 aliphatic heterocycles. The lowest BCUT2D eigenvalue weighted by Crippen LogP contribution is -2.30. The molecule has 2 aromatic rings. The molecule has 20 heavy (non-hydrogen) atoms. The first-order chi connectivity index (χ1) is 9.66. The summed E-state index contributed by atoms with van der Waals surface area (Å²) in [6, 6.07) is 1.80. The number of fused-ring (bicyclic) bond motifs is 1. The van der Waals surface area contributed by atoms with Crippen molar-refractivity contribution >= 4 is 33.1 Å². The number of carbonyl (C=O) groups excluding carboxylic acids is 1. The molecule has 1 aliphatic carbocycles. The van der Waals surface area contributed by atoms with Crippen LogP contribution in [0.4, 0.5) is 5.69 Å². The van der Waals surface area contributed by atoms with Crippen LogP contribution < -0.4 is 11.1 Å². The van der Waals surface area contributed by atoms with Crippen LogP contribution in [0, 0.1) is 11.8 Å². The van der Waals surface area contributed by atoms with E-state index in [1.54, 1.807) is 12.3 Å². The van der Waals surface area contributed by atoms with E-state index in [9.17, 15) is 4.79 Å². The van der Waals surface area contributed by atoms with E-state index in [0.717, 1.165) is 11.9 Å². The van der Waals surface area contributed by atoms with Crippen molar-refractivity contribution in [3.63, 3.8) is 0 Å². The Kier molecular flexibility index (Phi) is 3.56. The minimum atomic E-state index is -0.0930. The minimum Gasteiger partial charge on any atom is -0.397 e. The average molecular weight is 290 g/mol. The maximum Gasteiger partial charge on any atom is 0.263 e. The zero-order valence-electron chi connectivity index (χ0n) is 11.4. The molecule has 1 fully saturated rings. The van der Waals surface area contributed by atoms with Gasteiger partial charge in [0.15, 0.2) is 0 Å². The molecule has 0 saturated heterocycles. The Labute approximate surface area is 121 Å². The van der Waals surface area contributed by atoms with Gasteiger partial charge in [0, 0.05) is 11.9 Å². The number of carbonyl (C=O) groups is 1. The molecule has 1 saturated carbocycles. The molecule has 3 N–H and O–H groups in total. The molecule has 3 rings (SSSR count). The van der Waals surface area contributed by atoms with E-state index in [1.165, 1.54) is 30.6 Å². The summed E-state index contributed by atoms with van der Waals surface area (Å²) < 4.78 is 0. The molecule has 106 valence electrons. The lowest BCUT2D eigenvalue weighted by atomic mass is 9.98. The Bertz CT molecular complexity index is 639. The number of nitrogens with two attached hydrogens (primary N) is 1. The first kappa shape index (κ1) is 13.3. The number of aromatic nitrogens is 2. The number of hydrogen-bond donors (Lipinski definition) is 2. The van der Waals surface area contributed by atoms with Crippen molar-refractivity contribution in [3.8, 4) is 0 Å². The third-order valence-corrected chi connectivity index (χ3v) is 5.29. The summed E-state index contributed by atoms with van der Waals surface area (Å²) >= 11 is 1.30. The zero-order valence-corrected chi connectivity index (χ0v) is 12.2. The maximum atomic E-state index is 12.3. The van der Waals surface area contributed by atoms with Gasteiger partial charge >= 0.3 is 0 Å². The summed E-state index contributed by atoms with van der Waals surface area (Å²) in [4.78, 5) is 13.5. The molecule has 0 spiro atoms. The zero-order chi connectivity index (χ0) is 14.1. The quantitative estimate of drug-likeness (QED) is 0.909. The van der Waals surface area contributed by atoms with E-state index in [-0.39, 0.29) is 5.91 Å². The van der Waals surface area contributed by atoms with E-state index in [0.29, 0.717) is 27.2 Å². The highest BCUT2D eigenvalue weighted by Crippen LogP contribution is 2.32. The molecule has 6 heteroatoms. The van der Waals surface area contributed by atoms with Crippen LogP contribution in [0.15, 0.2) is 12.3 Å². The fourth-order valence-corrected chi connectivity index (χ4v) is 3.83. The molecular weight excluding hydrogens is 272 g/mol. The standard InChI is InChI=1S/C14H18N4OS/c1-8-3-2-4-9(8)7-16-13(19)12-11(15)10-5-6-17-18-14(10)20-12/h5-6,8-9H,2-4,7,15H2,1H3,(H,16,19). The summed E-state index contributed by atoms with van der Waals surface area (Å²) in [6.45, 7) is 2.99. The van der Waals surface area contributed by atoms with Crippen molar-refractivity contribution in [1.82, 2.24) is 15.5 Å². The van der Waals surface area contributed by atoms with Crippen LogP contribution in [0.2, 0.25) is 0 Å². The summed E-state index contributed by atoms with van der Waals surface area (Å²) in [5, 5.41) is 11.6.